The molecule has 1 aromatic rings. The van der Waals surface area contributed by atoms with Gasteiger partial charge in [-0.15, -0.1) is 24.8 Å². The monoisotopic (exact) mass is 252 g/mol. The lowest BCUT2D eigenvalue weighted by Gasteiger charge is -2.22. The van der Waals surface area contributed by atoms with E-state index in [1.54, 1.807) is 12.3 Å². The number of piperidine rings is 1. The van der Waals surface area contributed by atoms with Crippen LogP contribution in [0.15, 0.2) is 18.5 Å². The molecule has 1 aromatic heterocycles. The predicted octanol–water partition coefficient (Wildman–Crippen LogP) is 2.53. The lowest BCUT2D eigenvalue weighted by Crippen LogP contribution is -2.28. The molecule has 0 radical (unpaired) electrons. The van der Waals surface area contributed by atoms with Crippen molar-refractivity contribution in [2.45, 2.75) is 18.8 Å². The fourth-order valence-corrected chi connectivity index (χ4v) is 1.79. The van der Waals surface area contributed by atoms with Crippen LogP contribution in [0.2, 0.25) is 0 Å². The van der Waals surface area contributed by atoms with Crippen molar-refractivity contribution < 1.29 is 4.39 Å². The molecule has 2 rings (SSSR count). The summed E-state index contributed by atoms with van der Waals surface area (Å²) in [7, 11) is 0. The van der Waals surface area contributed by atoms with E-state index in [4.69, 9.17) is 0 Å². The highest BCUT2D eigenvalue weighted by Gasteiger charge is 2.15. The van der Waals surface area contributed by atoms with E-state index in [0.717, 1.165) is 25.1 Å². The van der Waals surface area contributed by atoms with Crippen LogP contribution in [0.25, 0.3) is 0 Å². The first-order chi connectivity index (χ1) is 6.36. The summed E-state index contributed by atoms with van der Waals surface area (Å²) in [5.41, 5.74) is 1.02. The van der Waals surface area contributed by atoms with Crippen LogP contribution in [-0.2, 0) is 0 Å². The SMILES string of the molecule is Cl.Cl.Fc1cncc([C@@H]2CCCNC2)c1. The third-order valence-corrected chi connectivity index (χ3v) is 2.49. The molecule has 1 atom stereocenters. The van der Waals surface area contributed by atoms with Crippen LogP contribution in [0.4, 0.5) is 4.39 Å². The molecule has 0 aromatic carbocycles. The number of hydrogen-bond donors (Lipinski definition) is 1. The van der Waals surface area contributed by atoms with Crippen molar-refractivity contribution in [2.75, 3.05) is 13.1 Å². The summed E-state index contributed by atoms with van der Waals surface area (Å²) >= 11 is 0. The summed E-state index contributed by atoms with van der Waals surface area (Å²) in [6.45, 7) is 2.03. The van der Waals surface area contributed by atoms with Gasteiger partial charge in [0.1, 0.15) is 5.82 Å². The van der Waals surface area contributed by atoms with Gasteiger partial charge in [-0.3, -0.25) is 4.98 Å². The van der Waals surface area contributed by atoms with Crippen LogP contribution in [0.3, 0.4) is 0 Å². The van der Waals surface area contributed by atoms with Crippen molar-refractivity contribution in [3.8, 4) is 0 Å². The van der Waals surface area contributed by atoms with Crippen LogP contribution in [-0.4, -0.2) is 18.1 Å². The first-order valence-electron chi connectivity index (χ1n) is 4.67. The first-order valence-corrected chi connectivity index (χ1v) is 4.67. The van der Waals surface area contributed by atoms with Crippen molar-refractivity contribution >= 4 is 24.8 Å². The van der Waals surface area contributed by atoms with Crippen LogP contribution >= 0.6 is 24.8 Å². The third-order valence-electron chi connectivity index (χ3n) is 2.49. The Morgan fingerprint density at radius 2 is 2.13 bits per heavy atom. The van der Waals surface area contributed by atoms with Crippen molar-refractivity contribution in [2.24, 2.45) is 0 Å². The van der Waals surface area contributed by atoms with E-state index in [1.165, 1.54) is 12.6 Å². The standard InChI is InChI=1S/C10H13FN2.2ClH/c11-10-4-9(6-13-7-10)8-2-1-3-12-5-8;;/h4,6-8,12H,1-3,5H2;2*1H/t8-;;/m1../s1. The molecule has 15 heavy (non-hydrogen) atoms. The molecule has 0 aliphatic carbocycles. The van der Waals surface area contributed by atoms with Crippen molar-refractivity contribution in [3.63, 3.8) is 0 Å². The van der Waals surface area contributed by atoms with E-state index in [9.17, 15) is 4.39 Å². The summed E-state index contributed by atoms with van der Waals surface area (Å²) in [5.74, 6) is 0.208. The average Bonchev–Trinajstić information content (AvgIpc) is 2.19. The molecule has 2 nitrogen and oxygen atoms in total. The Hall–Kier alpha value is -0.380. The van der Waals surface area contributed by atoms with E-state index in [2.05, 4.69) is 10.3 Å². The summed E-state index contributed by atoms with van der Waals surface area (Å²) in [5, 5.41) is 3.30. The maximum atomic E-state index is 12.8. The van der Waals surface area contributed by atoms with E-state index >= 15 is 0 Å². The lowest BCUT2D eigenvalue weighted by molar-refractivity contribution is 0.458. The lowest BCUT2D eigenvalue weighted by atomic mass is 9.93. The highest BCUT2D eigenvalue weighted by Crippen LogP contribution is 2.22. The topological polar surface area (TPSA) is 24.9 Å². The molecular formula is C10H15Cl2FN2. The van der Waals surface area contributed by atoms with E-state index in [0.29, 0.717) is 5.92 Å². The molecule has 0 amide bonds. The van der Waals surface area contributed by atoms with Gasteiger partial charge in [-0.2, -0.15) is 0 Å². The fourth-order valence-electron chi connectivity index (χ4n) is 1.79. The van der Waals surface area contributed by atoms with Gasteiger partial charge in [0, 0.05) is 12.7 Å². The van der Waals surface area contributed by atoms with Gasteiger partial charge in [0.15, 0.2) is 0 Å². The molecule has 0 saturated carbocycles. The molecule has 1 N–H and O–H groups in total. The number of halogens is 3. The molecule has 1 aliphatic rings. The van der Waals surface area contributed by atoms with Gasteiger partial charge in [-0.05, 0) is 36.9 Å². The number of aromatic nitrogens is 1. The molecule has 1 saturated heterocycles. The Labute approximate surface area is 101 Å². The van der Waals surface area contributed by atoms with Gasteiger partial charge in [0.05, 0.1) is 6.20 Å². The van der Waals surface area contributed by atoms with Crippen molar-refractivity contribution in [1.29, 1.82) is 0 Å². The molecule has 0 bridgehead atoms. The normalized spacial score (nSPS) is 19.9. The zero-order valence-electron chi connectivity index (χ0n) is 8.28. The van der Waals surface area contributed by atoms with E-state index in [-0.39, 0.29) is 30.6 Å². The maximum absolute atomic E-state index is 12.8. The highest BCUT2D eigenvalue weighted by molar-refractivity contribution is 5.85. The molecule has 5 heteroatoms. The highest BCUT2D eigenvalue weighted by atomic mass is 35.5. The van der Waals surface area contributed by atoms with Crippen LogP contribution in [0.5, 0.6) is 0 Å². The molecule has 1 fully saturated rings. The van der Waals surface area contributed by atoms with Gasteiger partial charge in [-0.1, -0.05) is 0 Å². The molecule has 1 aliphatic heterocycles. The number of rotatable bonds is 1. The Morgan fingerprint density at radius 3 is 2.73 bits per heavy atom. The molecular weight excluding hydrogens is 238 g/mol. The minimum atomic E-state index is -0.233. The minimum Gasteiger partial charge on any atom is -0.316 e. The quantitative estimate of drug-likeness (QED) is 0.831. The van der Waals surface area contributed by atoms with Crippen molar-refractivity contribution in [3.05, 3.63) is 29.8 Å². The molecule has 0 spiro atoms. The number of nitrogens with zero attached hydrogens (tertiary/aromatic N) is 1. The Bertz CT molecular complexity index is 291. The number of hydrogen-bond acceptors (Lipinski definition) is 2. The smallest absolute Gasteiger partial charge is 0.141 e. The zero-order chi connectivity index (χ0) is 9.10. The number of nitrogens with one attached hydrogen (secondary N) is 1. The summed E-state index contributed by atoms with van der Waals surface area (Å²) < 4.78 is 12.8. The van der Waals surface area contributed by atoms with Gasteiger partial charge in [0.25, 0.3) is 0 Å². The van der Waals surface area contributed by atoms with Crippen LogP contribution < -0.4 is 5.32 Å². The van der Waals surface area contributed by atoms with Gasteiger partial charge >= 0.3 is 0 Å². The molecule has 86 valence electrons. The minimum absolute atomic E-state index is 0. The Balaban J connectivity index is 0.000000980. The summed E-state index contributed by atoms with van der Waals surface area (Å²) in [6.07, 6.45) is 5.32. The Kier molecular flexibility index (Phi) is 6.81. The molecule has 0 unspecified atom stereocenters. The van der Waals surface area contributed by atoms with Crippen LogP contribution in [0, 0.1) is 5.82 Å². The van der Waals surface area contributed by atoms with Gasteiger partial charge in [-0.25, -0.2) is 4.39 Å². The average molecular weight is 253 g/mol. The second-order valence-corrected chi connectivity index (χ2v) is 3.48. The largest absolute Gasteiger partial charge is 0.316 e. The number of pyridine rings is 1. The molecule has 2 heterocycles. The van der Waals surface area contributed by atoms with Crippen molar-refractivity contribution in [1.82, 2.24) is 10.3 Å². The van der Waals surface area contributed by atoms with Gasteiger partial charge in [0.2, 0.25) is 0 Å². The second kappa shape index (κ2) is 6.99. The summed E-state index contributed by atoms with van der Waals surface area (Å²) in [6, 6.07) is 1.59. The maximum Gasteiger partial charge on any atom is 0.141 e. The van der Waals surface area contributed by atoms with Gasteiger partial charge < -0.3 is 5.32 Å². The second-order valence-electron chi connectivity index (χ2n) is 3.48. The third kappa shape index (κ3) is 3.93. The van der Waals surface area contributed by atoms with Crippen LogP contribution in [0.1, 0.15) is 24.3 Å². The Morgan fingerprint density at radius 1 is 1.33 bits per heavy atom. The predicted molar refractivity (Wildman–Crippen MR) is 63.5 cm³/mol. The fraction of sp³-hybridized carbons (Fsp3) is 0.500. The van der Waals surface area contributed by atoms with E-state index in [1.807, 2.05) is 0 Å². The first kappa shape index (κ1) is 14.6. The van der Waals surface area contributed by atoms with E-state index < -0.39 is 0 Å². The zero-order valence-corrected chi connectivity index (χ0v) is 9.91. The summed E-state index contributed by atoms with van der Waals surface area (Å²) in [4.78, 5) is 3.86.